The number of aryl methyl sites for hydroxylation is 1. The predicted molar refractivity (Wildman–Crippen MR) is 198 cm³/mol. The van der Waals surface area contributed by atoms with Gasteiger partial charge in [-0.05, 0) is 107 Å². The summed E-state index contributed by atoms with van der Waals surface area (Å²) in [7, 11) is 0. The number of benzene rings is 5. The molecule has 0 saturated carbocycles. The van der Waals surface area contributed by atoms with E-state index in [1.54, 1.807) is 0 Å². The fraction of sp³-hybridized carbons (Fsp3) is 0.244. The van der Waals surface area contributed by atoms with Crippen molar-refractivity contribution in [3.63, 3.8) is 0 Å². The van der Waals surface area contributed by atoms with Gasteiger partial charge < -0.3 is 14.4 Å². The number of rotatable bonds is 9. The molecule has 5 aromatic carbocycles. The summed E-state index contributed by atoms with van der Waals surface area (Å²) < 4.78 is 13.4. The lowest BCUT2D eigenvalue weighted by molar-refractivity contribution is 0.267. The number of hydrogen-bond acceptors (Lipinski definition) is 4. The largest absolute Gasteiger partial charge is 0.490 e. The SMILES string of the molecule is CCOc1cc(C=Nc2cc3c4c(c2)[C@H](c2ccccc2)CCN4CC[C@@H]3c2ccccc2)cc(I)c1OCc1ccc(C)cc1. The van der Waals surface area contributed by atoms with Crippen LogP contribution in [0.15, 0.2) is 114 Å². The average Bonchev–Trinajstić information content (AvgIpc) is 3.09. The third-order valence-electron chi connectivity index (χ3n) is 9.20. The van der Waals surface area contributed by atoms with Crippen LogP contribution in [0.5, 0.6) is 11.5 Å². The minimum absolute atomic E-state index is 0.353. The van der Waals surface area contributed by atoms with Gasteiger partial charge in [0.1, 0.15) is 6.61 Å². The van der Waals surface area contributed by atoms with Gasteiger partial charge in [-0.1, -0.05) is 90.5 Å². The van der Waals surface area contributed by atoms with Crippen molar-refractivity contribution in [3.8, 4) is 11.5 Å². The second-order valence-corrected chi connectivity index (χ2v) is 13.4. The molecule has 0 unspecified atom stereocenters. The molecule has 7 rings (SSSR count). The smallest absolute Gasteiger partial charge is 0.175 e. The summed E-state index contributed by atoms with van der Waals surface area (Å²) in [6, 6.07) is 39.3. The molecule has 0 amide bonds. The lowest BCUT2D eigenvalue weighted by atomic mass is 9.76. The van der Waals surface area contributed by atoms with Crippen molar-refractivity contribution in [2.24, 2.45) is 4.99 Å². The fourth-order valence-electron chi connectivity index (χ4n) is 6.97. The van der Waals surface area contributed by atoms with Gasteiger partial charge in [0, 0.05) is 36.8 Å². The summed E-state index contributed by atoms with van der Waals surface area (Å²) in [4.78, 5) is 7.74. The van der Waals surface area contributed by atoms with Crippen molar-refractivity contribution >= 4 is 40.2 Å². The van der Waals surface area contributed by atoms with E-state index in [1.807, 2.05) is 19.2 Å². The van der Waals surface area contributed by atoms with Gasteiger partial charge in [0.2, 0.25) is 0 Å². The number of ether oxygens (including phenoxy) is 2. The molecule has 0 saturated heterocycles. The van der Waals surface area contributed by atoms with E-state index >= 15 is 0 Å². The van der Waals surface area contributed by atoms with Crippen LogP contribution in [-0.2, 0) is 6.61 Å². The third kappa shape index (κ3) is 6.43. The standard InChI is InChI=1S/C41H39IN2O2/c1-3-45-39-23-30(22-38(42)41(39)46-27-29-16-14-28(2)15-17-29)26-43-33-24-36-34(31-10-6-4-7-11-31)18-20-44-21-19-35(37(25-33)40(36)44)32-12-8-5-9-13-32/h4-17,22-26,34-35H,3,18-21,27H2,1-2H3/t34-,35+. The van der Waals surface area contributed by atoms with Crippen molar-refractivity contribution < 1.29 is 9.47 Å². The first-order chi connectivity index (χ1) is 22.6. The monoisotopic (exact) mass is 718 g/mol. The van der Waals surface area contributed by atoms with E-state index in [4.69, 9.17) is 14.5 Å². The van der Waals surface area contributed by atoms with E-state index in [9.17, 15) is 0 Å². The van der Waals surface area contributed by atoms with Gasteiger partial charge in [-0.15, -0.1) is 0 Å². The quantitative estimate of drug-likeness (QED) is 0.112. The number of aliphatic imine (C=N–C) groups is 1. The maximum atomic E-state index is 6.30. The normalized spacial score (nSPS) is 17.2. The summed E-state index contributed by atoms with van der Waals surface area (Å²) in [5.41, 5.74) is 11.3. The van der Waals surface area contributed by atoms with Crippen molar-refractivity contribution in [2.75, 3.05) is 24.6 Å². The van der Waals surface area contributed by atoms with Gasteiger partial charge in [-0.2, -0.15) is 0 Å². The van der Waals surface area contributed by atoms with Crippen LogP contribution >= 0.6 is 22.6 Å². The Balaban J connectivity index is 1.25. The Morgan fingerprint density at radius 3 is 1.98 bits per heavy atom. The van der Waals surface area contributed by atoms with Crippen LogP contribution in [0.3, 0.4) is 0 Å². The average molecular weight is 719 g/mol. The highest BCUT2D eigenvalue weighted by atomic mass is 127. The molecular formula is C41H39IN2O2. The molecule has 0 spiro atoms. The van der Waals surface area contributed by atoms with Crippen molar-refractivity contribution in [2.45, 2.75) is 45.1 Å². The molecule has 5 aromatic rings. The Morgan fingerprint density at radius 1 is 0.783 bits per heavy atom. The van der Waals surface area contributed by atoms with E-state index < -0.39 is 0 Å². The molecule has 0 fully saturated rings. The number of hydrogen-bond donors (Lipinski definition) is 0. The minimum atomic E-state index is 0.353. The lowest BCUT2D eigenvalue weighted by Crippen LogP contribution is -2.37. The molecule has 46 heavy (non-hydrogen) atoms. The summed E-state index contributed by atoms with van der Waals surface area (Å²) in [5.74, 6) is 2.22. The Labute approximate surface area is 286 Å². The van der Waals surface area contributed by atoms with Crippen LogP contribution in [0.4, 0.5) is 11.4 Å². The van der Waals surface area contributed by atoms with Crippen LogP contribution in [0.2, 0.25) is 0 Å². The molecule has 2 aliphatic rings. The molecule has 0 bridgehead atoms. The van der Waals surface area contributed by atoms with E-state index in [0.29, 0.717) is 25.0 Å². The van der Waals surface area contributed by atoms with Gasteiger partial charge in [0.15, 0.2) is 11.5 Å². The molecule has 0 radical (unpaired) electrons. The molecule has 0 N–H and O–H groups in total. The maximum absolute atomic E-state index is 6.30. The first-order valence-electron chi connectivity index (χ1n) is 16.3. The summed E-state index contributed by atoms with van der Waals surface area (Å²) in [6.45, 7) is 7.32. The first-order valence-corrected chi connectivity index (χ1v) is 17.4. The van der Waals surface area contributed by atoms with Gasteiger partial charge in [0.25, 0.3) is 0 Å². The lowest BCUT2D eigenvalue weighted by Gasteiger charge is -2.43. The molecule has 0 aliphatic carbocycles. The summed E-state index contributed by atoms with van der Waals surface area (Å²) in [5, 5.41) is 0. The van der Waals surface area contributed by atoms with E-state index in [0.717, 1.165) is 57.8 Å². The van der Waals surface area contributed by atoms with Gasteiger partial charge in [-0.3, -0.25) is 4.99 Å². The molecule has 232 valence electrons. The highest BCUT2D eigenvalue weighted by molar-refractivity contribution is 14.1. The highest BCUT2D eigenvalue weighted by Crippen LogP contribution is 2.50. The van der Waals surface area contributed by atoms with Crippen LogP contribution < -0.4 is 14.4 Å². The van der Waals surface area contributed by atoms with Gasteiger partial charge >= 0.3 is 0 Å². The van der Waals surface area contributed by atoms with Gasteiger partial charge in [-0.25, -0.2) is 0 Å². The molecule has 0 aromatic heterocycles. The summed E-state index contributed by atoms with van der Waals surface area (Å²) >= 11 is 2.35. The Kier molecular flexibility index (Phi) is 9.11. The Hall–Kier alpha value is -4.10. The Morgan fingerprint density at radius 2 is 1.39 bits per heavy atom. The summed E-state index contributed by atoms with van der Waals surface area (Å²) in [6.07, 6.45) is 4.19. The van der Waals surface area contributed by atoms with Crippen LogP contribution in [0, 0.1) is 10.5 Å². The number of anilines is 1. The van der Waals surface area contributed by atoms with Gasteiger partial charge in [0.05, 0.1) is 15.9 Å². The predicted octanol–water partition coefficient (Wildman–Crippen LogP) is 10.2. The molecule has 2 atom stereocenters. The van der Waals surface area contributed by atoms with Crippen LogP contribution in [0.1, 0.15) is 70.5 Å². The second-order valence-electron chi connectivity index (χ2n) is 12.3. The van der Waals surface area contributed by atoms with Crippen molar-refractivity contribution in [1.29, 1.82) is 0 Å². The molecule has 4 nitrogen and oxygen atoms in total. The van der Waals surface area contributed by atoms with E-state index in [1.165, 1.54) is 33.5 Å². The second kappa shape index (κ2) is 13.7. The topological polar surface area (TPSA) is 34.1 Å². The minimum Gasteiger partial charge on any atom is -0.490 e. The van der Waals surface area contributed by atoms with Crippen LogP contribution in [0.25, 0.3) is 0 Å². The first kappa shape index (κ1) is 30.5. The Bertz CT molecular complexity index is 1760. The van der Waals surface area contributed by atoms with Crippen molar-refractivity contribution in [1.82, 2.24) is 0 Å². The number of nitrogens with zero attached hydrogens (tertiary/aromatic N) is 2. The zero-order valence-electron chi connectivity index (χ0n) is 26.5. The maximum Gasteiger partial charge on any atom is 0.175 e. The fourth-order valence-corrected chi connectivity index (χ4v) is 7.75. The van der Waals surface area contributed by atoms with Crippen LogP contribution in [-0.4, -0.2) is 25.9 Å². The zero-order chi connectivity index (χ0) is 31.5. The number of halogens is 1. The highest BCUT2D eigenvalue weighted by Gasteiger charge is 2.35. The molecule has 5 heteroatoms. The molecule has 2 aliphatic heterocycles. The molecule has 2 heterocycles. The van der Waals surface area contributed by atoms with E-state index in [-0.39, 0.29) is 0 Å². The third-order valence-corrected chi connectivity index (χ3v) is 10.00. The van der Waals surface area contributed by atoms with Crippen molar-refractivity contribution in [3.05, 3.63) is 152 Å². The molecular weight excluding hydrogens is 679 g/mol. The van der Waals surface area contributed by atoms with E-state index in [2.05, 4.69) is 138 Å². The zero-order valence-corrected chi connectivity index (χ0v) is 28.6.